The Bertz CT molecular complexity index is 1220. The molecule has 10 heteroatoms. The second kappa shape index (κ2) is 8.05. The van der Waals surface area contributed by atoms with Crippen LogP contribution in [0, 0.1) is 0 Å². The Morgan fingerprint density at radius 1 is 1.31 bits per heavy atom. The number of fused-ring (bicyclic) bond motifs is 1. The molecule has 29 heavy (non-hydrogen) atoms. The number of hydrogen-bond acceptors (Lipinski definition) is 7. The number of hydrazone groups is 1. The highest BCUT2D eigenvalue weighted by atomic mass is 16.5. The second-order valence-electron chi connectivity index (χ2n) is 6.24. The first-order chi connectivity index (χ1) is 13.9. The Morgan fingerprint density at radius 3 is 2.76 bits per heavy atom. The highest BCUT2D eigenvalue weighted by molar-refractivity contribution is 5.81. The zero-order valence-electron chi connectivity index (χ0n) is 16.4. The number of phenols is 1. The van der Waals surface area contributed by atoms with E-state index in [9.17, 15) is 14.7 Å². The van der Waals surface area contributed by atoms with E-state index in [0.29, 0.717) is 30.4 Å². The van der Waals surface area contributed by atoms with Crippen molar-refractivity contribution < 1.29 is 9.84 Å². The SMILES string of the molecule is C=CCn1c(NN=Cc2ccc(O)c(OCC)c2)nc2c1c(=O)n(C)c(=O)n2C. The number of nitrogens with one attached hydrogen (secondary N) is 1. The van der Waals surface area contributed by atoms with E-state index in [1.807, 2.05) is 6.92 Å². The van der Waals surface area contributed by atoms with Crippen LogP contribution in [-0.2, 0) is 20.6 Å². The number of benzene rings is 1. The lowest BCUT2D eigenvalue weighted by Crippen LogP contribution is -2.37. The van der Waals surface area contributed by atoms with Crippen LogP contribution in [0.3, 0.4) is 0 Å². The fourth-order valence-corrected chi connectivity index (χ4v) is 2.89. The van der Waals surface area contributed by atoms with Crippen LogP contribution in [0.1, 0.15) is 12.5 Å². The molecule has 10 nitrogen and oxygen atoms in total. The van der Waals surface area contributed by atoms with Crippen LogP contribution in [0.25, 0.3) is 11.2 Å². The van der Waals surface area contributed by atoms with Gasteiger partial charge in [0, 0.05) is 20.6 Å². The van der Waals surface area contributed by atoms with Gasteiger partial charge in [0.2, 0.25) is 5.95 Å². The first-order valence-electron chi connectivity index (χ1n) is 8.91. The first kappa shape index (κ1) is 19.9. The number of phenolic OH excluding ortho intramolecular Hbond substituents is 1. The van der Waals surface area contributed by atoms with Gasteiger partial charge in [-0.2, -0.15) is 10.1 Å². The predicted molar refractivity (Wildman–Crippen MR) is 111 cm³/mol. The van der Waals surface area contributed by atoms with Gasteiger partial charge in [0.15, 0.2) is 22.7 Å². The maximum absolute atomic E-state index is 12.6. The molecular weight excluding hydrogens is 376 g/mol. The topological polar surface area (TPSA) is 116 Å². The summed E-state index contributed by atoms with van der Waals surface area (Å²) in [5.74, 6) is 0.689. The van der Waals surface area contributed by atoms with Gasteiger partial charge in [-0.1, -0.05) is 6.08 Å². The number of anilines is 1. The van der Waals surface area contributed by atoms with Crippen LogP contribution in [0.4, 0.5) is 5.95 Å². The van der Waals surface area contributed by atoms with Crippen molar-refractivity contribution in [3.8, 4) is 11.5 Å². The molecule has 152 valence electrons. The van der Waals surface area contributed by atoms with Gasteiger partial charge < -0.3 is 9.84 Å². The third-order valence-corrected chi connectivity index (χ3v) is 4.32. The summed E-state index contributed by atoms with van der Waals surface area (Å²) < 4.78 is 9.29. The number of aromatic nitrogens is 4. The summed E-state index contributed by atoms with van der Waals surface area (Å²) in [4.78, 5) is 29.1. The summed E-state index contributed by atoms with van der Waals surface area (Å²) in [7, 11) is 2.97. The van der Waals surface area contributed by atoms with Gasteiger partial charge in [-0.3, -0.25) is 18.5 Å². The fourth-order valence-electron chi connectivity index (χ4n) is 2.89. The van der Waals surface area contributed by atoms with Gasteiger partial charge in [0.1, 0.15) is 0 Å². The Hall–Kier alpha value is -3.82. The van der Waals surface area contributed by atoms with Crippen LogP contribution >= 0.6 is 0 Å². The van der Waals surface area contributed by atoms with Crippen molar-refractivity contribution in [3.63, 3.8) is 0 Å². The quantitative estimate of drug-likeness (QED) is 0.351. The Kier molecular flexibility index (Phi) is 5.53. The zero-order chi connectivity index (χ0) is 21.1. The molecule has 0 fully saturated rings. The zero-order valence-corrected chi connectivity index (χ0v) is 16.4. The van der Waals surface area contributed by atoms with Crippen LogP contribution in [0.2, 0.25) is 0 Å². The summed E-state index contributed by atoms with van der Waals surface area (Å²) in [6.07, 6.45) is 3.14. The van der Waals surface area contributed by atoms with E-state index >= 15 is 0 Å². The van der Waals surface area contributed by atoms with E-state index in [2.05, 4.69) is 22.1 Å². The number of hydrogen-bond donors (Lipinski definition) is 2. The maximum atomic E-state index is 12.6. The lowest BCUT2D eigenvalue weighted by atomic mass is 10.2. The molecular formula is C19H22N6O4. The normalized spacial score (nSPS) is 11.3. The molecule has 3 aromatic rings. The lowest BCUT2D eigenvalue weighted by molar-refractivity contribution is 0.318. The first-order valence-corrected chi connectivity index (χ1v) is 8.91. The van der Waals surface area contributed by atoms with Crippen molar-refractivity contribution >= 4 is 23.3 Å². The highest BCUT2D eigenvalue weighted by Crippen LogP contribution is 2.26. The average Bonchev–Trinajstić information content (AvgIpc) is 3.06. The Labute approximate surface area is 166 Å². The summed E-state index contributed by atoms with van der Waals surface area (Å²) >= 11 is 0. The van der Waals surface area contributed by atoms with E-state index in [4.69, 9.17) is 4.74 Å². The van der Waals surface area contributed by atoms with E-state index in [1.165, 1.54) is 23.9 Å². The van der Waals surface area contributed by atoms with E-state index in [1.54, 1.807) is 29.8 Å². The van der Waals surface area contributed by atoms with Crippen molar-refractivity contribution in [1.82, 2.24) is 18.7 Å². The minimum Gasteiger partial charge on any atom is -0.504 e. The van der Waals surface area contributed by atoms with Gasteiger partial charge in [0.25, 0.3) is 5.56 Å². The molecule has 0 saturated carbocycles. The third kappa shape index (κ3) is 3.64. The monoisotopic (exact) mass is 398 g/mol. The molecule has 0 spiro atoms. The molecule has 0 radical (unpaired) electrons. The highest BCUT2D eigenvalue weighted by Gasteiger charge is 2.18. The van der Waals surface area contributed by atoms with E-state index < -0.39 is 11.2 Å². The van der Waals surface area contributed by atoms with Crippen molar-refractivity contribution in [2.24, 2.45) is 19.2 Å². The summed E-state index contributed by atoms with van der Waals surface area (Å²) in [6.45, 7) is 6.26. The molecule has 0 aliphatic carbocycles. The molecule has 2 N–H and O–H groups in total. The molecule has 0 amide bonds. The van der Waals surface area contributed by atoms with Crippen molar-refractivity contribution in [2.75, 3.05) is 12.0 Å². The van der Waals surface area contributed by atoms with Crippen LogP contribution < -0.4 is 21.4 Å². The molecule has 0 aliphatic rings. The summed E-state index contributed by atoms with van der Waals surface area (Å²) in [6, 6.07) is 4.84. The van der Waals surface area contributed by atoms with Gasteiger partial charge in [-0.25, -0.2) is 10.2 Å². The van der Waals surface area contributed by atoms with Gasteiger partial charge in [-0.05, 0) is 30.7 Å². The number of ether oxygens (including phenoxy) is 1. The molecule has 0 unspecified atom stereocenters. The maximum Gasteiger partial charge on any atom is 0.332 e. The molecule has 3 rings (SSSR count). The number of rotatable bonds is 7. The van der Waals surface area contributed by atoms with Gasteiger partial charge >= 0.3 is 5.69 Å². The third-order valence-electron chi connectivity index (χ3n) is 4.32. The number of aryl methyl sites for hydroxylation is 1. The largest absolute Gasteiger partial charge is 0.504 e. The number of imidazole rings is 1. The molecule has 0 saturated heterocycles. The molecule has 0 bridgehead atoms. The molecule has 0 atom stereocenters. The predicted octanol–water partition coefficient (Wildman–Crippen LogP) is 1.17. The van der Waals surface area contributed by atoms with Gasteiger partial charge in [0.05, 0.1) is 12.8 Å². The minimum absolute atomic E-state index is 0.0431. The second-order valence-corrected chi connectivity index (χ2v) is 6.24. The average molecular weight is 398 g/mol. The van der Waals surface area contributed by atoms with Crippen molar-refractivity contribution in [3.05, 3.63) is 57.3 Å². The smallest absolute Gasteiger partial charge is 0.332 e. The van der Waals surface area contributed by atoms with Crippen LogP contribution in [0.5, 0.6) is 11.5 Å². The standard InChI is InChI=1S/C19H22N6O4/c1-5-9-25-15-16(23(3)19(28)24(4)17(15)27)21-18(25)22-20-11-12-7-8-13(26)14(10-12)29-6-2/h5,7-8,10-11,26H,1,6,9H2,2-4H3,(H,21,22). The summed E-state index contributed by atoms with van der Waals surface area (Å²) in [5.41, 5.74) is 3.10. The number of allylic oxidation sites excluding steroid dienone is 1. The molecule has 2 heterocycles. The number of aromatic hydroxyl groups is 1. The molecule has 1 aromatic carbocycles. The fraction of sp³-hybridized carbons (Fsp3) is 0.263. The van der Waals surface area contributed by atoms with Crippen LogP contribution in [-0.4, -0.2) is 36.6 Å². The summed E-state index contributed by atoms with van der Waals surface area (Å²) in [5, 5.41) is 13.9. The minimum atomic E-state index is -0.464. The van der Waals surface area contributed by atoms with Crippen LogP contribution in [0.15, 0.2) is 45.5 Å². The molecule has 0 aliphatic heterocycles. The Balaban J connectivity index is 2.00. The van der Waals surface area contributed by atoms with E-state index in [-0.39, 0.29) is 16.9 Å². The van der Waals surface area contributed by atoms with Gasteiger partial charge in [-0.15, -0.1) is 6.58 Å². The Morgan fingerprint density at radius 2 is 2.07 bits per heavy atom. The lowest BCUT2D eigenvalue weighted by Gasteiger charge is -2.07. The van der Waals surface area contributed by atoms with Crippen molar-refractivity contribution in [1.29, 1.82) is 0 Å². The van der Waals surface area contributed by atoms with Crippen molar-refractivity contribution in [2.45, 2.75) is 13.5 Å². The molecule has 2 aromatic heterocycles. The van der Waals surface area contributed by atoms with E-state index in [0.717, 1.165) is 4.57 Å². The number of nitrogens with zero attached hydrogens (tertiary/aromatic N) is 5.